The zero-order valence-electron chi connectivity index (χ0n) is 12.7. The van der Waals surface area contributed by atoms with Gasteiger partial charge >= 0.3 is 0 Å². The van der Waals surface area contributed by atoms with Gasteiger partial charge in [0.25, 0.3) is 0 Å². The molecular formula is C16H22N4O. The van der Waals surface area contributed by atoms with E-state index in [0.29, 0.717) is 5.92 Å². The molecule has 0 aliphatic carbocycles. The summed E-state index contributed by atoms with van der Waals surface area (Å²) >= 11 is 0. The standard InChI is InChI=1S/C16H22N4O/c1-3-21-12-14-9-20(8-13-5-4-6-17-7-13)11-16-15(14)10-19(2)18-16/h4-7,10,14H,3,8-9,11-12H2,1-2H3/t14-/m0/s1. The predicted octanol–water partition coefficient (Wildman–Crippen LogP) is 1.95. The number of aryl methyl sites for hydroxylation is 1. The third-order valence-electron chi connectivity index (χ3n) is 3.88. The Bertz CT molecular complexity index is 581. The van der Waals surface area contributed by atoms with Gasteiger partial charge in [0, 0.05) is 63.4 Å². The summed E-state index contributed by atoms with van der Waals surface area (Å²) in [5.41, 5.74) is 3.76. The molecule has 3 rings (SSSR count). The monoisotopic (exact) mass is 286 g/mol. The third-order valence-corrected chi connectivity index (χ3v) is 3.88. The van der Waals surface area contributed by atoms with E-state index in [1.807, 2.05) is 37.1 Å². The Morgan fingerprint density at radius 3 is 3.10 bits per heavy atom. The van der Waals surface area contributed by atoms with E-state index in [4.69, 9.17) is 4.74 Å². The molecule has 0 saturated carbocycles. The Labute approximate surface area is 125 Å². The van der Waals surface area contributed by atoms with Gasteiger partial charge in [0.05, 0.1) is 12.3 Å². The fraction of sp³-hybridized carbons (Fsp3) is 0.500. The number of nitrogens with zero attached hydrogens (tertiary/aromatic N) is 4. The second kappa shape index (κ2) is 6.37. The van der Waals surface area contributed by atoms with Gasteiger partial charge in [0.1, 0.15) is 0 Å². The van der Waals surface area contributed by atoms with Gasteiger partial charge in [0.15, 0.2) is 0 Å². The van der Waals surface area contributed by atoms with Gasteiger partial charge in [-0.1, -0.05) is 6.07 Å². The lowest BCUT2D eigenvalue weighted by Crippen LogP contribution is -2.34. The van der Waals surface area contributed by atoms with Crippen molar-refractivity contribution in [1.82, 2.24) is 19.7 Å². The van der Waals surface area contributed by atoms with E-state index in [9.17, 15) is 0 Å². The number of pyridine rings is 1. The molecule has 0 saturated heterocycles. The van der Waals surface area contributed by atoms with Crippen LogP contribution in [-0.4, -0.2) is 39.4 Å². The highest BCUT2D eigenvalue weighted by atomic mass is 16.5. The number of rotatable bonds is 5. The quantitative estimate of drug-likeness (QED) is 0.842. The number of ether oxygens (including phenoxy) is 1. The van der Waals surface area contributed by atoms with E-state index in [1.165, 1.54) is 16.8 Å². The van der Waals surface area contributed by atoms with E-state index >= 15 is 0 Å². The van der Waals surface area contributed by atoms with Gasteiger partial charge in [-0.2, -0.15) is 5.10 Å². The fourth-order valence-corrected chi connectivity index (χ4v) is 2.98. The second-order valence-corrected chi connectivity index (χ2v) is 5.59. The maximum atomic E-state index is 5.66. The lowest BCUT2D eigenvalue weighted by molar-refractivity contribution is 0.105. The van der Waals surface area contributed by atoms with Crippen LogP contribution in [0.1, 0.15) is 29.7 Å². The largest absolute Gasteiger partial charge is 0.381 e. The summed E-state index contributed by atoms with van der Waals surface area (Å²) in [4.78, 5) is 6.62. The average molecular weight is 286 g/mol. The topological polar surface area (TPSA) is 43.2 Å². The van der Waals surface area contributed by atoms with Crippen molar-refractivity contribution in [3.8, 4) is 0 Å². The molecule has 0 aromatic carbocycles. The Balaban J connectivity index is 1.76. The summed E-state index contributed by atoms with van der Waals surface area (Å²) < 4.78 is 7.58. The van der Waals surface area contributed by atoms with E-state index in [2.05, 4.69) is 27.2 Å². The van der Waals surface area contributed by atoms with E-state index in [-0.39, 0.29) is 0 Å². The maximum absolute atomic E-state index is 5.66. The first-order chi connectivity index (χ1) is 10.3. The van der Waals surface area contributed by atoms with Gasteiger partial charge < -0.3 is 4.74 Å². The number of hydrogen-bond acceptors (Lipinski definition) is 4. The van der Waals surface area contributed by atoms with Crippen molar-refractivity contribution >= 4 is 0 Å². The van der Waals surface area contributed by atoms with Gasteiger partial charge in [-0.25, -0.2) is 0 Å². The van der Waals surface area contributed by atoms with Crippen molar-refractivity contribution in [3.63, 3.8) is 0 Å². The van der Waals surface area contributed by atoms with Crippen LogP contribution in [0.2, 0.25) is 0 Å². The van der Waals surface area contributed by atoms with E-state index < -0.39 is 0 Å². The summed E-state index contributed by atoms with van der Waals surface area (Å²) in [6, 6.07) is 4.11. The molecule has 5 heteroatoms. The molecule has 1 aliphatic rings. The zero-order valence-corrected chi connectivity index (χ0v) is 12.7. The van der Waals surface area contributed by atoms with Crippen LogP contribution in [0.25, 0.3) is 0 Å². The first-order valence-corrected chi connectivity index (χ1v) is 7.47. The molecule has 1 aliphatic heterocycles. The van der Waals surface area contributed by atoms with Crippen LogP contribution in [0.3, 0.4) is 0 Å². The van der Waals surface area contributed by atoms with Crippen molar-refractivity contribution in [2.45, 2.75) is 25.9 Å². The highest BCUT2D eigenvalue weighted by molar-refractivity contribution is 5.25. The molecule has 112 valence electrons. The predicted molar refractivity (Wildman–Crippen MR) is 80.8 cm³/mol. The molecule has 0 N–H and O–H groups in total. The molecule has 3 heterocycles. The highest BCUT2D eigenvalue weighted by Gasteiger charge is 2.28. The molecule has 0 unspecified atom stereocenters. The molecule has 0 amide bonds. The lowest BCUT2D eigenvalue weighted by Gasteiger charge is -2.31. The molecule has 1 atom stereocenters. The molecular weight excluding hydrogens is 264 g/mol. The molecule has 5 nitrogen and oxygen atoms in total. The van der Waals surface area contributed by atoms with Crippen LogP contribution in [-0.2, 0) is 24.9 Å². The summed E-state index contributed by atoms with van der Waals surface area (Å²) in [7, 11) is 1.99. The van der Waals surface area contributed by atoms with E-state index in [0.717, 1.165) is 32.8 Å². The second-order valence-electron chi connectivity index (χ2n) is 5.59. The molecule has 0 bridgehead atoms. The van der Waals surface area contributed by atoms with Crippen LogP contribution in [0, 0.1) is 0 Å². The summed E-state index contributed by atoms with van der Waals surface area (Å²) in [5.74, 6) is 0.402. The first-order valence-electron chi connectivity index (χ1n) is 7.47. The Morgan fingerprint density at radius 2 is 2.33 bits per heavy atom. The molecule has 2 aromatic heterocycles. The van der Waals surface area contributed by atoms with Gasteiger partial charge in [-0.3, -0.25) is 14.6 Å². The molecule has 0 spiro atoms. The molecule has 2 aromatic rings. The smallest absolute Gasteiger partial charge is 0.0800 e. The van der Waals surface area contributed by atoms with Crippen LogP contribution in [0.4, 0.5) is 0 Å². The van der Waals surface area contributed by atoms with Crippen LogP contribution in [0.15, 0.2) is 30.7 Å². The van der Waals surface area contributed by atoms with Crippen molar-refractivity contribution in [2.24, 2.45) is 7.05 Å². The van der Waals surface area contributed by atoms with Gasteiger partial charge in [-0.05, 0) is 18.6 Å². The Morgan fingerprint density at radius 1 is 1.43 bits per heavy atom. The third kappa shape index (κ3) is 3.31. The van der Waals surface area contributed by atoms with Gasteiger partial charge in [-0.15, -0.1) is 0 Å². The lowest BCUT2D eigenvalue weighted by atomic mass is 9.95. The minimum Gasteiger partial charge on any atom is -0.381 e. The minimum absolute atomic E-state index is 0.402. The van der Waals surface area contributed by atoms with Crippen molar-refractivity contribution in [2.75, 3.05) is 19.8 Å². The number of aromatic nitrogens is 3. The van der Waals surface area contributed by atoms with Crippen molar-refractivity contribution in [1.29, 1.82) is 0 Å². The molecule has 21 heavy (non-hydrogen) atoms. The highest BCUT2D eigenvalue weighted by Crippen LogP contribution is 2.28. The number of fused-ring (bicyclic) bond motifs is 1. The normalized spacial score (nSPS) is 18.7. The van der Waals surface area contributed by atoms with Crippen LogP contribution >= 0.6 is 0 Å². The fourth-order valence-electron chi connectivity index (χ4n) is 2.98. The maximum Gasteiger partial charge on any atom is 0.0800 e. The van der Waals surface area contributed by atoms with Gasteiger partial charge in [0.2, 0.25) is 0 Å². The molecule has 0 radical (unpaired) electrons. The van der Waals surface area contributed by atoms with E-state index in [1.54, 1.807) is 0 Å². The van der Waals surface area contributed by atoms with Crippen LogP contribution in [0.5, 0.6) is 0 Å². The van der Waals surface area contributed by atoms with Crippen molar-refractivity contribution in [3.05, 3.63) is 47.5 Å². The average Bonchev–Trinajstić information content (AvgIpc) is 2.86. The Hall–Kier alpha value is -1.72. The summed E-state index contributed by atoms with van der Waals surface area (Å²) in [6.45, 7) is 6.38. The summed E-state index contributed by atoms with van der Waals surface area (Å²) in [5, 5.41) is 4.61. The SMILES string of the molecule is CCOC[C@@H]1CN(Cc2cccnc2)Cc2nn(C)cc21. The number of hydrogen-bond donors (Lipinski definition) is 0. The van der Waals surface area contributed by atoms with Crippen molar-refractivity contribution < 1.29 is 4.74 Å². The first kappa shape index (κ1) is 14.2. The Kier molecular flexibility index (Phi) is 4.31. The van der Waals surface area contributed by atoms with Crippen LogP contribution < -0.4 is 0 Å². The summed E-state index contributed by atoms with van der Waals surface area (Å²) in [6.07, 6.45) is 5.89. The zero-order chi connectivity index (χ0) is 14.7. The minimum atomic E-state index is 0.402. The molecule has 0 fully saturated rings.